The first-order valence-electron chi connectivity index (χ1n) is 8.45. The van der Waals surface area contributed by atoms with Crippen LogP contribution in [0.25, 0.3) is 0 Å². The van der Waals surface area contributed by atoms with Crippen molar-refractivity contribution in [2.24, 2.45) is 0 Å². The number of aromatic nitrogens is 1. The van der Waals surface area contributed by atoms with Crippen LogP contribution in [0, 0.1) is 12.7 Å². The van der Waals surface area contributed by atoms with E-state index in [9.17, 15) is 14.3 Å². The Morgan fingerprint density at radius 3 is 2.96 bits per heavy atom. The van der Waals surface area contributed by atoms with Gasteiger partial charge in [0.2, 0.25) is 5.91 Å². The summed E-state index contributed by atoms with van der Waals surface area (Å²) in [6.07, 6.45) is 0.782. The highest BCUT2D eigenvalue weighted by Gasteiger charge is 2.32. The Morgan fingerprint density at radius 2 is 2.20 bits per heavy atom. The first-order chi connectivity index (χ1) is 12.0. The predicted molar refractivity (Wildman–Crippen MR) is 93.6 cm³/mol. The summed E-state index contributed by atoms with van der Waals surface area (Å²) >= 11 is 0. The van der Waals surface area contributed by atoms with Gasteiger partial charge in [-0.25, -0.2) is 9.37 Å². The van der Waals surface area contributed by atoms with Gasteiger partial charge in [-0.2, -0.15) is 0 Å². The van der Waals surface area contributed by atoms with Gasteiger partial charge in [0.05, 0.1) is 12.1 Å². The van der Waals surface area contributed by atoms with E-state index < -0.39 is 6.10 Å². The maximum atomic E-state index is 13.3. The molecule has 2 aromatic rings. The molecular formula is C19H22FN3O2. The largest absolute Gasteiger partial charge is 0.387 e. The summed E-state index contributed by atoms with van der Waals surface area (Å²) in [4.78, 5) is 18.8. The van der Waals surface area contributed by atoms with Crippen LogP contribution in [0.1, 0.15) is 30.2 Å². The number of β-amino-alcohol motifs (C(OH)–C–C–N with tert-alkyl or cyclic N) is 1. The van der Waals surface area contributed by atoms with Gasteiger partial charge in [-0.05, 0) is 56.1 Å². The SMILES string of the molecule is Cc1cccc(NC(=O)[C@@H]2CCCN2C[C@@H](O)c2cccc(F)c2)n1. The molecule has 0 aliphatic carbocycles. The average molecular weight is 343 g/mol. The lowest BCUT2D eigenvalue weighted by Crippen LogP contribution is -2.41. The molecule has 0 radical (unpaired) electrons. The van der Waals surface area contributed by atoms with Crippen molar-refractivity contribution >= 4 is 11.7 Å². The van der Waals surface area contributed by atoms with Crippen LogP contribution in [0.4, 0.5) is 10.2 Å². The monoisotopic (exact) mass is 343 g/mol. The van der Waals surface area contributed by atoms with Crippen molar-refractivity contribution in [2.45, 2.75) is 31.9 Å². The van der Waals surface area contributed by atoms with E-state index in [0.717, 1.165) is 25.1 Å². The molecule has 2 atom stereocenters. The smallest absolute Gasteiger partial charge is 0.242 e. The van der Waals surface area contributed by atoms with Crippen LogP contribution in [0.15, 0.2) is 42.5 Å². The van der Waals surface area contributed by atoms with Crippen LogP contribution in [0.2, 0.25) is 0 Å². The van der Waals surface area contributed by atoms with Crippen molar-refractivity contribution in [1.82, 2.24) is 9.88 Å². The second-order valence-corrected chi connectivity index (χ2v) is 6.38. The van der Waals surface area contributed by atoms with E-state index in [1.54, 1.807) is 18.2 Å². The molecule has 5 nitrogen and oxygen atoms in total. The number of hydrogen-bond acceptors (Lipinski definition) is 4. The molecule has 1 aliphatic rings. The van der Waals surface area contributed by atoms with E-state index in [1.165, 1.54) is 12.1 Å². The molecule has 6 heteroatoms. The predicted octanol–water partition coefficient (Wildman–Crippen LogP) is 2.67. The summed E-state index contributed by atoms with van der Waals surface area (Å²) in [5, 5.41) is 13.2. The number of anilines is 1. The van der Waals surface area contributed by atoms with E-state index in [0.29, 0.717) is 17.9 Å². The molecule has 132 valence electrons. The van der Waals surface area contributed by atoms with E-state index >= 15 is 0 Å². The topological polar surface area (TPSA) is 65.5 Å². The Balaban J connectivity index is 1.64. The van der Waals surface area contributed by atoms with Crippen LogP contribution < -0.4 is 5.32 Å². The fraction of sp³-hybridized carbons (Fsp3) is 0.368. The van der Waals surface area contributed by atoms with Crippen LogP contribution in [-0.4, -0.2) is 40.0 Å². The summed E-state index contributed by atoms with van der Waals surface area (Å²) in [5.74, 6) is 0.0300. The van der Waals surface area contributed by atoms with Gasteiger partial charge >= 0.3 is 0 Å². The molecule has 0 spiro atoms. The average Bonchev–Trinajstić information content (AvgIpc) is 3.03. The lowest BCUT2D eigenvalue weighted by atomic mass is 10.1. The van der Waals surface area contributed by atoms with E-state index in [-0.39, 0.29) is 17.8 Å². The van der Waals surface area contributed by atoms with E-state index in [1.807, 2.05) is 24.0 Å². The van der Waals surface area contributed by atoms with Crippen molar-refractivity contribution in [2.75, 3.05) is 18.4 Å². The highest BCUT2D eigenvalue weighted by Crippen LogP contribution is 2.23. The summed E-state index contributed by atoms with van der Waals surface area (Å²) in [6.45, 7) is 2.89. The zero-order chi connectivity index (χ0) is 17.8. The number of nitrogens with one attached hydrogen (secondary N) is 1. The molecule has 0 unspecified atom stereocenters. The molecule has 1 aliphatic heterocycles. The van der Waals surface area contributed by atoms with Gasteiger partial charge in [0.25, 0.3) is 0 Å². The Kier molecular flexibility index (Phi) is 5.40. The number of rotatable bonds is 5. The van der Waals surface area contributed by atoms with Crippen molar-refractivity contribution in [3.63, 3.8) is 0 Å². The Hall–Kier alpha value is -2.31. The number of carbonyl (C=O) groups excluding carboxylic acids is 1. The molecule has 1 amide bonds. The Labute approximate surface area is 146 Å². The molecule has 1 aromatic heterocycles. The number of aliphatic hydroxyl groups is 1. The normalized spacial score (nSPS) is 18.9. The number of halogens is 1. The number of pyridine rings is 1. The minimum absolute atomic E-state index is 0.123. The fourth-order valence-corrected chi connectivity index (χ4v) is 3.21. The van der Waals surface area contributed by atoms with Crippen molar-refractivity contribution < 1.29 is 14.3 Å². The molecule has 3 rings (SSSR count). The molecule has 1 fully saturated rings. The van der Waals surface area contributed by atoms with Crippen molar-refractivity contribution in [1.29, 1.82) is 0 Å². The van der Waals surface area contributed by atoms with Crippen molar-refractivity contribution in [3.8, 4) is 0 Å². The van der Waals surface area contributed by atoms with Crippen molar-refractivity contribution in [3.05, 3.63) is 59.5 Å². The third-order valence-corrected chi connectivity index (χ3v) is 4.45. The second kappa shape index (κ2) is 7.72. The highest BCUT2D eigenvalue weighted by molar-refractivity contribution is 5.94. The van der Waals surface area contributed by atoms with Crippen LogP contribution in [0.3, 0.4) is 0 Å². The van der Waals surface area contributed by atoms with Gasteiger partial charge < -0.3 is 10.4 Å². The van der Waals surface area contributed by atoms with Gasteiger partial charge in [0.1, 0.15) is 11.6 Å². The van der Waals surface area contributed by atoms with E-state index in [2.05, 4.69) is 10.3 Å². The Morgan fingerprint density at radius 1 is 1.40 bits per heavy atom. The summed E-state index contributed by atoms with van der Waals surface area (Å²) in [5.41, 5.74) is 1.36. The molecule has 0 saturated carbocycles. The van der Waals surface area contributed by atoms with E-state index in [4.69, 9.17) is 0 Å². The number of benzene rings is 1. The number of aliphatic hydroxyl groups excluding tert-OH is 1. The lowest BCUT2D eigenvalue weighted by Gasteiger charge is -2.26. The number of nitrogens with zero attached hydrogens (tertiary/aromatic N) is 2. The van der Waals surface area contributed by atoms with Crippen LogP contribution in [-0.2, 0) is 4.79 Å². The first kappa shape index (κ1) is 17.5. The van der Waals surface area contributed by atoms with Gasteiger partial charge in [-0.1, -0.05) is 18.2 Å². The number of aryl methyl sites for hydroxylation is 1. The summed E-state index contributed by atoms with van der Waals surface area (Å²) in [6, 6.07) is 11.1. The number of carbonyl (C=O) groups is 1. The third kappa shape index (κ3) is 4.41. The van der Waals surface area contributed by atoms with Gasteiger partial charge in [0, 0.05) is 12.2 Å². The molecule has 1 saturated heterocycles. The Bertz CT molecular complexity index is 753. The van der Waals surface area contributed by atoms with Crippen LogP contribution >= 0.6 is 0 Å². The molecule has 25 heavy (non-hydrogen) atoms. The zero-order valence-electron chi connectivity index (χ0n) is 14.2. The first-order valence-corrected chi connectivity index (χ1v) is 8.45. The highest BCUT2D eigenvalue weighted by atomic mass is 19.1. The third-order valence-electron chi connectivity index (χ3n) is 4.45. The molecule has 2 heterocycles. The summed E-state index contributed by atoms with van der Waals surface area (Å²) in [7, 11) is 0. The lowest BCUT2D eigenvalue weighted by molar-refractivity contribution is -0.120. The number of hydrogen-bond donors (Lipinski definition) is 2. The number of likely N-dealkylation sites (tertiary alicyclic amines) is 1. The molecule has 0 bridgehead atoms. The van der Waals surface area contributed by atoms with Crippen LogP contribution in [0.5, 0.6) is 0 Å². The number of amides is 1. The minimum atomic E-state index is -0.832. The summed E-state index contributed by atoms with van der Waals surface area (Å²) < 4.78 is 13.3. The fourth-order valence-electron chi connectivity index (χ4n) is 3.21. The quantitative estimate of drug-likeness (QED) is 0.876. The maximum absolute atomic E-state index is 13.3. The molecular weight excluding hydrogens is 321 g/mol. The minimum Gasteiger partial charge on any atom is -0.387 e. The van der Waals surface area contributed by atoms with Gasteiger partial charge in [-0.3, -0.25) is 9.69 Å². The standard InChI is InChI=1S/C19H22FN3O2/c1-13-5-2-9-18(21-13)22-19(25)16-8-4-10-23(16)12-17(24)14-6-3-7-15(20)11-14/h2-3,5-7,9,11,16-17,24H,4,8,10,12H2,1H3,(H,21,22,25)/t16-,17+/m0/s1. The molecule has 2 N–H and O–H groups in total. The molecule has 1 aromatic carbocycles. The maximum Gasteiger partial charge on any atom is 0.242 e. The second-order valence-electron chi connectivity index (χ2n) is 6.38. The van der Waals surface area contributed by atoms with Gasteiger partial charge in [-0.15, -0.1) is 0 Å². The van der Waals surface area contributed by atoms with Gasteiger partial charge in [0.15, 0.2) is 0 Å². The zero-order valence-corrected chi connectivity index (χ0v) is 14.2.